The minimum Gasteiger partial charge on any atom is -0.448 e. The molecule has 1 amide bonds. The first-order chi connectivity index (χ1) is 7.31. The van der Waals surface area contributed by atoms with Crippen LogP contribution in [0.15, 0.2) is 0 Å². The molecule has 4 nitrogen and oxygen atoms in total. The van der Waals surface area contributed by atoms with Crippen LogP contribution in [0.3, 0.4) is 0 Å². The van der Waals surface area contributed by atoms with E-state index in [2.05, 4.69) is 12.2 Å². The lowest BCUT2D eigenvalue weighted by Gasteiger charge is -2.22. The Bertz CT molecular complexity index is 229. The molecule has 1 atom stereocenters. The van der Waals surface area contributed by atoms with Gasteiger partial charge in [0.05, 0.1) is 6.54 Å². The molecule has 0 aromatic heterocycles. The van der Waals surface area contributed by atoms with E-state index in [0.717, 1.165) is 32.0 Å². The standard InChI is InChI=1S/C11H20N2O2/c1-2-5-12-10(9-3-4-9)8-13-6-7-15-11(13)14/h9-10,12H,2-8H2,1H3. The molecule has 0 radical (unpaired) electrons. The zero-order valence-corrected chi connectivity index (χ0v) is 9.37. The maximum Gasteiger partial charge on any atom is 0.409 e. The molecular weight excluding hydrogens is 192 g/mol. The molecule has 1 saturated heterocycles. The Morgan fingerprint density at radius 2 is 2.40 bits per heavy atom. The Morgan fingerprint density at radius 3 is 2.93 bits per heavy atom. The Hall–Kier alpha value is -0.770. The zero-order chi connectivity index (χ0) is 10.7. The maximum absolute atomic E-state index is 11.3. The molecule has 1 unspecified atom stereocenters. The molecule has 1 aliphatic heterocycles. The predicted molar refractivity (Wildman–Crippen MR) is 57.7 cm³/mol. The van der Waals surface area contributed by atoms with Crippen molar-refractivity contribution in [1.82, 2.24) is 10.2 Å². The van der Waals surface area contributed by atoms with Crippen molar-refractivity contribution in [1.29, 1.82) is 0 Å². The van der Waals surface area contributed by atoms with Crippen molar-refractivity contribution in [3.05, 3.63) is 0 Å². The highest BCUT2D eigenvalue weighted by Gasteiger charge is 2.34. The fourth-order valence-corrected chi connectivity index (χ4v) is 2.04. The topological polar surface area (TPSA) is 41.6 Å². The largest absolute Gasteiger partial charge is 0.448 e. The van der Waals surface area contributed by atoms with Crippen LogP contribution in [0.1, 0.15) is 26.2 Å². The van der Waals surface area contributed by atoms with Gasteiger partial charge in [0.25, 0.3) is 0 Å². The van der Waals surface area contributed by atoms with Gasteiger partial charge in [-0.1, -0.05) is 6.92 Å². The normalized spacial score (nSPS) is 23.0. The second kappa shape index (κ2) is 4.84. The lowest BCUT2D eigenvalue weighted by molar-refractivity contribution is 0.154. The molecule has 1 heterocycles. The minimum absolute atomic E-state index is 0.140. The van der Waals surface area contributed by atoms with Crippen molar-refractivity contribution < 1.29 is 9.53 Å². The van der Waals surface area contributed by atoms with Crippen LogP contribution in [0.25, 0.3) is 0 Å². The van der Waals surface area contributed by atoms with Gasteiger partial charge in [-0.25, -0.2) is 4.79 Å². The summed E-state index contributed by atoms with van der Waals surface area (Å²) < 4.78 is 4.93. The lowest BCUT2D eigenvalue weighted by Crippen LogP contribution is -2.43. The third-order valence-electron chi connectivity index (χ3n) is 3.11. The van der Waals surface area contributed by atoms with Crippen LogP contribution in [0.2, 0.25) is 0 Å². The fourth-order valence-electron chi connectivity index (χ4n) is 2.04. The number of amides is 1. The van der Waals surface area contributed by atoms with E-state index in [1.54, 1.807) is 0 Å². The summed E-state index contributed by atoms with van der Waals surface area (Å²) in [7, 11) is 0. The van der Waals surface area contributed by atoms with Crippen LogP contribution in [0.5, 0.6) is 0 Å². The monoisotopic (exact) mass is 212 g/mol. The molecule has 4 heteroatoms. The van der Waals surface area contributed by atoms with E-state index >= 15 is 0 Å². The Kier molecular flexibility index (Phi) is 3.46. The van der Waals surface area contributed by atoms with Gasteiger partial charge in [0.15, 0.2) is 0 Å². The van der Waals surface area contributed by atoms with E-state index in [1.165, 1.54) is 12.8 Å². The highest BCUT2D eigenvalue weighted by molar-refractivity contribution is 5.69. The van der Waals surface area contributed by atoms with Gasteiger partial charge in [-0.15, -0.1) is 0 Å². The first kappa shape index (κ1) is 10.7. The average Bonchev–Trinajstić information content (AvgIpc) is 2.99. The summed E-state index contributed by atoms with van der Waals surface area (Å²) in [4.78, 5) is 13.1. The van der Waals surface area contributed by atoms with E-state index in [-0.39, 0.29) is 6.09 Å². The molecule has 1 N–H and O–H groups in total. The van der Waals surface area contributed by atoms with Crippen LogP contribution < -0.4 is 5.32 Å². The molecule has 1 saturated carbocycles. The first-order valence-corrected chi connectivity index (χ1v) is 5.96. The van der Waals surface area contributed by atoms with Gasteiger partial charge < -0.3 is 15.0 Å². The van der Waals surface area contributed by atoms with E-state index < -0.39 is 0 Å². The number of nitrogens with one attached hydrogen (secondary N) is 1. The number of cyclic esters (lactones) is 1. The van der Waals surface area contributed by atoms with Crippen molar-refractivity contribution in [3.8, 4) is 0 Å². The average molecular weight is 212 g/mol. The predicted octanol–water partition coefficient (Wildman–Crippen LogP) is 1.22. The van der Waals surface area contributed by atoms with Crippen molar-refractivity contribution in [2.75, 3.05) is 26.2 Å². The minimum atomic E-state index is -0.140. The summed E-state index contributed by atoms with van der Waals surface area (Å²) >= 11 is 0. The zero-order valence-electron chi connectivity index (χ0n) is 9.37. The molecule has 2 rings (SSSR count). The molecule has 2 fully saturated rings. The van der Waals surface area contributed by atoms with Crippen LogP contribution in [-0.2, 0) is 4.74 Å². The van der Waals surface area contributed by atoms with E-state index in [4.69, 9.17) is 4.74 Å². The quantitative estimate of drug-likeness (QED) is 0.719. The molecule has 15 heavy (non-hydrogen) atoms. The second-order valence-electron chi connectivity index (χ2n) is 4.46. The van der Waals surface area contributed by atoms with Crippen molar-refractivity contribution in [3.63, 3.8) is 0 Å². The van der Waals surface area contributed by atoms with Gasteiger partial charge in [-0.05, 0) is 31.7 Å². The molecule has 86 valence electrons. The number of nitrogens with zero attached hydrogens (tertiary/aromatic N) is 1. The second-order valence-corrected chi connectivity index (χ2v) is 4.46. The Labute approximate surface area is 91.0 Å². The molecule has 0 bridgehead atoms. The molecule has 0 spiro atoms. The van der Waals surface area contributed by atoms with E-state index in [9.17, 15) is 4.79 Å². The van der Waals surface area contributed by atoms with Crippen molar-refractivity contribution >= 4 is 6.09 Å². The number of carbonyl (C=O) groups excluding carboxylic acids is 1. The van der Waals surface area contributed by atoms with Gasteiger partial charge in [-0.3, -0.25) is 0 Å². The van der Waals surface area contributed by atoms with Gasteiger partial charge in [0, 0.05) is 12.6 Å². The number of rotatable bonds is 6. The summed E-state index contributed by atoms with van der Waals surface area (Å²) in [6, 6.07) is 0.482. The maximum atomic E-state index is 11.3. The summed E-state index contributed by atoms with van der Waals surface area (Å²) in [5, 5.41) is 3.53. The highest BCUT2D eigenvalue weighted by Crippen LogP contribution is 2.33. The van der Waals surface area contributed by atoms with Gasteiger partial charge in [0.1, 0.15) is 6.61 Å². The Balaban J connectivity index is 1.80. The molecule has 0 aromatic carbocycles. The van der Waals surface area contributed by atoms with Crippen LogP contribution in [-0.4, -0.2) is 43.3 Å². The van der Waals surface area contributed by atoms with Gasteiger partial charge in [0.2, 0.25) is 0 Å². The third-order valence-corrected chi connectivity index (χ3v) is 3.11. The third kappa shape index (κ3) is 2.84. The van der Waals surface area contributed by atoms with Gasteiger partial charge in [-0.2, -0.15) is 0 Å². The first-order valence-electron chi connectivity index (χ1n) is 5.96. The summed E-state index contributed by atoms with van der Waals surface area (Å²) in [5.41, 5.74) is 0. The lowest BCUT2D eigenvalue weighted by atomic mass is 10.1. The van der Waals surface area contributed by atoms with Crippen molar-refractivity contribution in [2.24, 2.45) is 5.92 Å². The molecule has 2 aliphatic rings. The van der Waals surface area contributed by atoms with Crippen LogP contribution in [0.4, 0.5) is 4.79 Å². The van der Waals surface area contributed by atoms with E-state index in [0.29, 0.717) is 12.6 Å². The summed E-state index contributed by atoms with van der Waals surface area (Å²) in [5.74, 6) is 0.782. The smallest absolute Gasteiger partial charge is 0.409 e. The van der Waals surface area contributed by atoms with Crippen molar-refractivity contribution in [2.45, 2.75) is 32.2 Å². The summed E-state index contributed by atoms with van der Waals surface area (Å²) in [6.45, 7) is 5.36. The molecular formula is C11H20N2O2. The Morgan fingerprint density at radius 1 is 1.60 bits per heavy atom. The number of hydrogen-bond acceptors (Lipinski definition) is 3. The van der Waals surface area contributed by atoms with E-state index in [1.807, 2.05) is 4.90 Å². The SMILES string of the molecule is CCCNC(CN1CCOC1=O)C1CC1. The van der Waals surface area contributed by atoms with Crippen LogP contribution >= 0.6 is 0 Å². The van der Waals surface area contributed by atoms with Gasteiger partial charge >= 0.3 is 6.09 Å². The number of ether oxygens (including phenoxy) is 1. The highest BCUT2D eigenvalue weighted by atomic mass is 16.6. The molecule has 1 aliphatic carbocycles. The number of hydrogen-bond donors (Lipinski definition) is 1. The number of carbonyl (C=O) groups is 1. The fraction of sp³-hybridized carbons (Fsp3) is 0.909. The van der Waals surface area contributed by atoms with Crippen LogP contribution in [0, 0.1) is 5.92 Å². The summed E-state index contributed by atoms with van der Waals surface area (Å²) in [6.07, 6.45) is 3.63. The molecule has 0 aromatic rings.